The zero-order valence-electron chi connectivity index (χ0n) is 11.7. The Morgan fingerprint density at radius 2 is 2.00 bits per heavy atom. The topological polar surface area (TPSA) is 76.0 Å². The fourth-order valence-corrected chi connectivity index (χ4v) is 2.26. The fourth-order valence-electron chi connectivity index (χ4n) is 1.80. The van der Waals surface area contributed by atoms with Gasteiger partial charge < -0.3 is 10.6 Å². The van der Waals surface area contributed by atoms with Gasteiger partial charge in [0.25, 0.3) is 11.8 Å². The summed E-state index contributed by atoms with van der Waals surface area (Å²) in [5, 5.41) is 9.38. The van der Waals surface area contributed by atoms with E-state index in [0.717, 1.165) is 0 Å². The first-order valence-corrected chi connectivity index (χ1v) is 7.21. The summed E-state index contributed by atoms with van der Waals surface area (Å²) in [5.41, 5.74) is 1.07. The van der Waals surface area contributed by atoms with Crippen LogP contribution in [0.5, 0.6) is 0 Å². The molecular weight excluding hydrogens is 336 g/mol. The lowest BCUT2D eigenvalue weighted by Gasteiger charge is -2.06. The number of aromatic nitrogens is 2. The quantitative estimate of drug-likeness (QED) is 0.887. The summed E-state index contributed by atoms with van der Waals surface area (Å²) >= 11 is 3.33. The Balaban J connectivity index is 2.31. The summed E-state index contributed by atoms with van der Waals surface area (Å²) in [7, 11) is 1.52. The molecule has 0 fully saturated rings. The van der Waals surface area contributed by atoms with E-state index >= 15 is 0 Å². The normalized spacial score (nSPS) is 10.2. The van der Waals surface area contributed by atoms with E-state index in [9.17, 15) is 9.59 Å². The van der Waals surface area contributed by atoms with Crippen LogP contribution in [0.4, 0.5) is 5.69 Å². The molecule has 0 spiro atoms. The van der Waals surface area contributed by atoms with Gasteiger partial charge in [0.1, 0.15) is 0 Å². The molecule has 21 heavy (non-hydrogen) atoms. The smallest absolute Gasteiger partial charge is 0.273 e. The van der Waals surface area contributed by atoms with E-state index in [-0.39, 0.29) is 17.5 Å². The highest BCUT2D eigenvalue weighted by Gasteiger charge is 2.18. The van der Waals surface area contributed by atoms with E-state index in [1.165, 1.54) is 7.05 Å². The van der Waals surface area contributed by atoms with Gasteiger partial charge in [-0.15, -0.1) is 0 Å². The summed E-state index contributed by atoms with van der Waals surface area (Å²) in [5.74, 6) is -0.645. The van der Waals surface area contributed by atoms with Gasteiger partial charge >= 0.3 is 0 Å². The van der Waals surface area contributed by atoms with Crippen molar-refractivity contribution in [2.24, 2.45) is 0 Å². The van der Waals surface area contributed by atoms with Gasteiger partial charge in [-0.3, -0.25) is 14.3 Å². The molecule has 0 atom stereocenters. The summed E-state index contributed by atoms with van der Waals surface area (Å²) in [6.07, 6.45) is 1.64. The number of nitrogens with one attached hydrogen (secondary N) is 2. The number of nitrogens with zero attached hydrogens (tertiary/aromatic N) is 2. The van der Waals surface area contributed by atoms with Crippen molar-refractivity contribution in [3.63, 3.8) is 0 Å². The van der Waals surface area contributed by atoms with Crippen LogP contribution < -0.4 is 10.6 Å². The lowest BCUT2D eigenvalue weighted by Crippen LogP contribution is -2.21. The van der Waals surface area contributed by atoms with Crippen molar-refractivity contribution in [3.8, 4) is 0 Å². The third-order valence-electron chi connectivity index (χ3n) is 2.89. The highest BCUT2D eigenvalue weighted by atomic mass is 79.9. The zero-order valence-corrected chi connectivity index (χ0v) is 13.3. The SMILES string of the molecule is CCn1cc(NC(=O)c2ccccc2Br)c(C(=O)NC)n1. The van der Waals surface area contributed by atoms with Crippen LogP contribution >= 0.6 is 15.9 Å². The maximum Gasteiger partial charge on any atom is 0.273 e. The average Bonchev–Trinajstić information content (AvgIpc) is 2.89. The van der Waals surface area contributed by atoms with E-state index in [1.54, 1.807) is 29.1 Å². The molecule has 1 aromatic heterocycles. The lowest BCUT2D eigenvalue weighted by molar-refractivity contribution is 0.0958. The second kappa shape index (κ2) is 6.53. The first-order chi connectivity index (χ1) is 10.1. The van der Waals surface area contributed by atoms with Crippen molar-refractivity contribution < 1.29 is 9.59 Å². The van der Waals surface area contributed by atoms with Gasteiger partial charge in [0.15, 0.2) is 5.69 Å². The van der Waals surface area contributed by atoms with Crippen molar-refractivity contribution in [1.29, 1.82) is 0 Å². The van der Waals surface area contributed by atoms with Crippen LogP contribution in [-0.4, -0.2) is 28.6 Å². The minimum Gasteiger partial charge on any atom is -0.354 e. The van der Waals surface area contributed by atoms with Gasteiger partial charge in [-0.2, -0.15) is 5.10 Å². The molecular formula is C14H15BrN4O2. The summed E-state index contributed by atoms with van der Waals surface area (Å²) < 4.78 is 2.28. The Hall–Kier alpha value is -2.15. The third kappa shape index (κ3) is 3.30. The Morgan fingerprint density at radius 1 is 1.29 bits per heavy atom. The second-order valence-electron chi connectivity index (χ2n) is 4.26. The fraction of sp³-hybridized carbons (Fsp3) is 0.214. The molecule has 2 N–H and O–H groups in total. The molecule has 2 rings (SSSR count). The minimum atomic E-state index is -0.343. The molecule has 0 aliphatic rings. The van der Waals surface area contributed by atoms with Crippen LogP contribution in [0.3, 0.4) is 0 Å². The molecule has 0 aliphatic heterocycles. The predicted octanol–water partition coefficient (Wildman–Crippen LogP) is 2.28. The molecule has 1 aromatic carbocycles. The number of amides is 2. The van der Waals surface area contributed by atoms with Crippen molar-refractivity contribution in [3.05, 3.63) is 46.2 Å². The predicted molar refractivity (Wildman–Crippen MR) is 83.4 cm³/mol. The molecule has 0 saturated carbocycles. The molecule has 6 nitrogen and oxygen atoms in total. The first-order valence-electron chi connectivity index (χ1n) is 6.42. The molecule has 0 aliphatic carbocycles. The largest absolute Gasteiger partial charge is 0.354 e. The van der Waals surface area contributed by atoms with E-state index in [2.05, 4.69) is 31.7 Å². The minimum absolute atomic E-state index is 0.194. The summed E-state index contributed by atoms with van der Waals surface area (Å²) in [4.78, 5) is 24.1. The van der Waals surface area contributed by atoms with E-state index in [4.69, 9.17) is 0 Å². The number of benzene rings is 1. The number of aryl methyl sites for hydroxylation is 1. The summed E-state index contributed by atoms with van der Waals surface area (Å²) in [6, 6.07) is 7.08. The van der Waals surface area contributed by atoms with Gasteiger partial charge in [0.2, 0.25) is 0 Å². The maximum absolute atomic E-state index is 12.3. The summed E-state index contributed by atoms with van der Waals surface area (Å²) in [6.45, 7) is 2.51. The van der Waals surface area contributed by atoms with Crippen LogP contribution in [0.1, 0.15) is 27.8 Å². The van der Waals surface area contributed by atoms with E-state index in [1.807, 2.05) is 13.0 Å². The van der Waals surface area contributed by atoms with Crippen LogP contribution in [0.25, 0.3) is 0 Å². The van der Waals surface area contributed by atoms with Crippen LogP contribution in [0.2, 0.25) is 0 Å². The number of carbonyl (C=O) groups is 2. The van der Waals surface area contributed by atoms with Crippen molar-refractivity contribution in [1.82, 2.24) is 15.1 Å². The molecule has 0 unspecified atom stereocenters. The zero-order chi connectivity index (χ0) is 15.4. The highest BCUT2D eigenvalue weighted by Crippen LogP contribution is 2.19. The van der Waals surface area contributed by atoms with Crippen LogP contribution in [0.15, 0.2) is 34.9 Å². The number of rotatable bonds is 4. The lowest BCUT2D eigenvalue weighted by atomic mass is 10.2. The number of halogens is 1. The van der Waals surface area contributed by atoms with Gasteiger partial charge in [-0.1, -0.05) is 12.1 Å². The Kier molecular flexibility index (Phi) is 4.74. The standard InChI is InChI=1S/C14H15BrN4O2/c1-3-19-8-11(12(18-19)14(21)16-2)17-13(20)9-6-4-5-7-10(9)15/h4-8H,3H2,1-2H3,(H,16,21)(H,17,20). The Bertz CT molecular complexity index is 681. The Morgan fingerprint density at radius 3 is 2.62 bits per heavy atom. The number of hydrogen-bond donors (Lipinski definition) is 2. The molecule has 110 valence electrons. The van der Waals surface area contributed by atoms with Crippen LogP contribution in [-0.2, 0) is 6.54 Å². The number of carbonyl (C=O) groups excluding carboxylic acids is 2. The van der Waals surface area contributed by atoms with Crippen molar-refractivity contribution in [2.45, 2.75) is 13.5 Å². The molecule has 2 aromatic rings. The maximum atomic E-state index is 12.3. The van der Waals surface area contributed by atoms with E-state index < -0.39 is 0 Å². The second-order valence-corrected chi connectivity index (χ2v) is 5.11. The molecule has 0 saturated heterocycles. The molecule has 0 radical (unpaired) electrons. The van der Waals surface area contributed by atoms with E-state index in [0.29, 0.717) is 22.3 Å². The average molecular weight is 351 g/mol. The Labute approximate surface area is 130 Å². The van der Waals surface area contributed by atoms with Crippen LogP contribution in [0, 0.1) is 0 Å². The van der Waals surface area contributed by atoms with Gasteiger partial charge in [0.05, 0.1) is 11.3 Å². The highest BCUT2D eigenvalue weighted by molar-refractivity contribution is 9.10. The third-order valence-corrected chi connectivity index (χ3v) is 3.59. The number of hydrogen-bond acceptors (Lipinski definition) is 3. The number of anilines is 1. The molecule has 0 bridgehead atoms. The van der Waals surface area contributed by atoms with Crippen molar-refractivity contribution >= 4 is 33.4 Å². The van der Waals surface area contributed by atoms with Gasteiger partial charge in [0, 0.05) is 24.3 Å². The van der Waals surface area contributed by atoms with Gasteiger partial charge in [-0.25, -0.2) is 0 Å². The molecule has 2 amide bonds. The molecule has 7 heteroatoms. The molecule has 1 heterocycles. The van der Waals surface area contributed by atoms with Gasteiger partial charge in [-0.05, 0) is 35.0 Å². The van der Waals surface area contributed by atoms with Crippen molar-refractivity contribution in [2.75, 3.05) is 12.4 Å². The monoisotopic (exact) mass is 350 g/mol. The first kappa shape index (κ1) is 15.2.